The molecule has 0 aliphatic carbocycles. The third kappa shape index (κ3) is 5.25. The second-order valence-corrected chi connectivity index (χ2v) is 5.97. The number of hydrogen-bond acceptors (Lipinski definition) is 5. The van der Waals surface area contributed by atoms with Crippen LogP contribution in [0.5, 0.6) is 5.75 Å². The van der Waals surface area contributed by atoms with Gasteiger partial charge >= 0.3 is 12.1 Å². The van der Waals surface area contributed by atoms with Crippen LogP contribution in [0.15, 0.2) is 76.1 Å². The molecule has 0 bridgehead atoms. The highest BCUT2D eigenvalue weighted by Gasteiger charge is 2.35. The summed E-state index contributed by atoms with van der Waals surface area (Å²) in [7, 11) is 0. The lowest BCUT2D eigenvalue weighted by atomic mass is 10.1. The molecule has 3 aromatic rings. The Kier molecular flexibility index (Phi) is 6.01. The zero-order chi connectivity index (χ0) is 20.9. The van der Waals surface area contributed by atoms with Crippen LogP contribution in [-0.2, 0) is 24.1 Å². The largest absolute Gasteiger partial charge is 0.482 e. The average Bonchev–Trinajstić information content (AvgIpc) is 2.71. The molecule has 0 atom stereocenters. The van der Waals surface area contributed by atoms with Gasteiger partial charge in [-0.15, -0.1) is 0 Å². The van der Waals surface area contributed by atoms with Gasteiger partial charge in [-0.2, -0.15) is 13.2 Å². The number of hydrogen-bond donors (Lipinski definition) is 0. The number of carbonyl (C=O) groups excluding carboxylic acids is 1. The lowest BCUT2D eigenvalue weighted by Gasteiger charge is -2.12. The molecule has 5 nitrogen and oxygen atoms in total. The first-order valence-electron chi connectivity index (χ1n) is 8.46. The molecule has 3 rings (SSSR count). The van der Waals surface area contributed by atoms with Gasteiger partial charge in [-0.05, 0) is 17.7 Å². The Labute approximate surface area is 163 Å². The Morgan fingerprint density at radius 1 is 0.966 bits per heavy atom. The molecule has 2 aromatic carbocycles. The maximum atomic E-state index is 13.0. The monoisotopic (exact) mass is 404 g/mol. The summed E-state index contributed by atoms with van der Waals surface area (Å²) < 4.78 is 54.4. The lowest BCUT2D eigenvalue weighted by molar-refractivity contribution is -0.138. The normalized spacial score (nSPS) is 11.1. The highest BCUT2D eigenvalue weighted by Crippen LogP contribution is 2.32. The van der Waals surface area contributed by atoms with Crippen molar-refractivity contribution in [3.63, 3.8) is 0 Å². The first-order chi connectivity index (χ1) is 13.8. The molecule has 29 heavy (non-hydrogen) atoms. The summed E-state index contributed by atoms with van der Waals surface area (Å²) in [4.78, 5) is 24.1. The molecule has 1 heterocycles. The van der Waals surface area contributed by atoms with Gasteiger partial charge in [-0.3, -0.25) is 4.79 Å². The smallest absolute Gasteiger partial charge is 0.417 e. The van der Waals surface area contributed by atoms with Crippen LogP contribution in [0, 0.1) is 0 Å². The lowest BCUT2D eigenvalue weighted by Crippen LogP contribution is -2.15. The third-order valence-electron chi connectivity index (χ3n) is 3.89. The molecule has 0 fully saturated rings. The van der Waals surface area contributed by atoms with Crippen molar-refractivity contribution in [3.05, 3.63) is 99.6 Å². The number of rotatable bonds is 6. The van der Waals surface area contributed by atoms with Crippen LogP contribution >= 0.6 is 0 Å². The molecule has 0 aliphatic rings. The Hall–Kier alpha value is -3.55. The van der Waals surface area contributed by atoms with Crippen molar-refractivity contribution in [1.29, 1.82) is 0 Å². The van der Waals surface area contributed by atoms with E-state index in [0.717, 1.165) is 30.0 Å². The highest BCUT2D eigenvalue weighted by atomic mass is 19.4. The fraction of sp³-hybridized carbons (Fsp3) is 0.143. The van der Waals surface area contributed by atoms with E-state index in [-0.39, 0.29) is 18.1 Å². The SMILES string of the molecule is O=C(OCc1cc(=O)c(OCc2ccccc2)co1)c1ccccc1C(F)(F)F. The van der Waals surface area contributed by atoms with Crippen LogP contribution in [-0.4, -0.2) is 5.97 Å². The summed E-state index contributed by atoms with van der Waals surface area (Å²) in [5, 5.41) is 0. The third-order valence-corrected chi connectivity index (χ3v) is 3.89. The van der Waals surface area contributed by atoms with E-state index in [1.165, 1.54) is 12.1 Å². The van der Waals surface area contributed by atoms with Crippen LogP contribution < -0.4 is 10.2 Å². The van der Waals surface area contributed by atoms with Crippen molar-refractivity contribution in [1.82, 2.24) is 0 Å². The minimum atomic E-state index is -4.69. The number of esters is 1. The molecule has 8 heteroatoms. The van der Waals surface area contributed by atoms with E-state index < -0.39 is 35.3 Å². The molecule has 0 saturated carbocycles. The van der Waals surface area contributed by atoms with Gasteiger partial charge in [0.2, 0.25) is 11.2 Å². The Bertz CT molecular complexity index is 1040. The van der Waals surface area contributed by atoms with Crippen molar-refractivity contribution in [2.24, 2.45) is 0 Å². The van der Waals surface area contributed by atoms with Crippen molar-refractivity contribution in [2.75, 3.05) is 0 Å². The highest BCUT2D eigenvalue weighted by molar-refractivity contribution is 5.91. The van der Waals surface area contributed by atoms with Crippen molar-refractivity contribution in [3.8, 4) is 5.75 Å². The molecule has 0 spiro atoms. The minimum Gasteiger partial charge on any atom is -0.482 e. The predicted octanol–water partition coefficient (Wildman–Crippen LogP) is 4.59. The van der Waals surface area contributed by atoms with E-state index >= 15 is 0 Å². The van der Waals surface area contributed by atoms with E-state index in [1.807, 2.05) is 30.3 Å². The molecule has 0 aliphatic heterocycles. The first kappa shape index (κ1) is 20.2. The number of halogens is 3. The molecule has 0 unspecified atom stereocenters. The predicted molar refractivity (Wildman–Crippen MR) is 96.3 cm³/mol. The second kappa shape index (κ2) is 8.64. The summed E-state index contributed by atoms with van der Waals surface area (Å²) in [5.74, 6) is -1.24. The molecule has 150 valence electrons. The van der Waals surface area contributed by atoms with Crippen LogP contribution in [0.2, 0.25) is 0 Å². The zero-order valence-electron chi connectivity index (χ0n) is 14.9. The van der Waals surface area contributed by atoms with Gasteiger partial charge in [-0.25, -0.2) is 4.79 Å². The maximum Gasteiger partial charge on any atom is 0.417 e. The van der Waals surface area contributed by atoms with Gasteiger partial charge in [-0.1, -0.05) is 42.5 Å². The number of ether oxygens (including phenoxy) is 2. The van der Waals surface area contributed by atoms with E-state index in [1.54, 1.807) is 0 Å². The molecule has 0 N–H and O–H groups in total. The summed E-state index contributed by atoms with van der Waals surface area (Å²) in [6.07, 6.45) is -3.63. The number of benzene rings is 2. The van der Waals surface area contributed by atoms with Crippen molar-refractivity contribution in [2.45, 2.75) is 19.4 Å². The summed E-state index contributed by atoms with van der Waals surface area (Å²) in [6.45, 7) is -0.340. The quantitative estimate of drug-likeness (QED) is 0.562. The van der Waals surface area contributed by atoms with Crippen molar-refractivity contribution < 1.29 is 31.9 Å². The minimum absolute atomic E-state index is 0.0279. The first-order valence-corrected chi connectivity index (χ1v) is 8.46. The Balaban J connectivity index is 1.64. The molecule has 1 aromatic heterocycles. The number of carbonyl (C=O) groups is 1. The van der Waals surface area contributed by atoms with Crippen LogP contribution in [0.4, 0.5) is 13.2 Å². The Morgan fingerprint density at radius 3 is 2.34 bits per heavy atom. The van der Waals surface area contributed by atoms with E-state index in [2.05, 4.69) is 0 Å². The van der Waals surface area contributed by atoms with Crippen LogP contribution in [0.25, 0.3) is 0 Å². The van der Waals surface area contributed by atoms with Crippen molar-refractivity contribution >= 4 is 5.97 Å². The van der Waals surface area contributed by atoms with Gasteiger partial charge in [0.05, 0.1) is 11.1 Å². The average molecular weight is 404 g/mol. The topological polar surface area (TPSA) is 65.7 Å². The van der Waals surface area contributed by atoms with Gasteiger partial charge in [0.1, 0.15) is 25.2 Å². The second-order valence-electron chi connectivity index (χ2n) is 5.97. The van der Waals surface area contributed by atoms with E-state index in [0.29, 0.717) is 0 Å². The summed E-state index contributed by atoms with van der Waals surface area (Å²) >= 11 is 0. The van der Waals surface area contributed by atoms with Crippen LogP contribution in [0.1, 0.15) is 27.2 Å². The maximum absolute atomic E-state index is 13.0. The van der Waals surface area contributed by atoms with Gasteiger partial charge in [0.25, 0.3) is 0 Å². The van der Waals surface area contributed by atoms with Gasteiger partial charge < -0.3 is 13.9 Å². The van der Waals surface area contributed by atoms with Crippen LogP contribution in [0.3, 0.4) is 0 Å². The fourth-order valence-electron chi connectivity index (χ4n) is 2.48. The Morgan fingerprint density at radius 2 is 1.66 bits per heavy atom. The molecule has 0 radical (unpaired) electrons. The molecular formula is C21H15F3O5. The molecule has 0 amide bonds. The van der Waals surface area contributed by atoms with E-state index in [9.17, 15) is 22.8 Å². The molecule has 0 saturated heterocycles. The fourth-order valence-corrected chi connectivity index (χ4v) is 2.48. The molecular weight excluding hydrogens is 389 g/mol. The van der Waals surface area contributed by atoms with Gasteiger partial charge in [0.15, 0.2) is 0 Å². The standard InChI is InChI=1S/C21H15F3O5/c22-21(23,24)17-9-5-4-8-16(17)20(26)29-12-15-10-18(25)19(13-27-15)28-11-14-6-2-1-3-7-14/h1-10,13H,11-12H2. The van der Waals surface area contributed by atoms with Gasteiger partial charge in [0, 0.05) is 6.07 Å². The number of alkyl halides is 3. The summed E-state index contributed by atoms with van der Waals surface area (Å²) in [5.41, 5.74) is -1.37. The zero-order valence-corrected chi connectivity index (χ0v) is 14.9. The van der Waals surface area contributed by atoms with E-state index in [4.69, 9.17) is 13.9 Å². The summed E-state index contributed by atoms with van der Waals surface area (Å²) in [6, 6.07) is 14.5.